The van der Waals surface area contributed by atoms with Crippen molar-refractivity contribution in [3.8, 4) is 0 Å². The molecular weight excluding hydrogens is 340 g/mol. The number of nitrogens with two attached hydrogens (primary N) is 1. The standard InChI is InChI=1S/C15H15FIN/c1-9-7-12(16)8-10(2)14(9)15(18)11-3-5-13(17)6-4-11/h3-8,15H,18H2,1-2H3. The Labute approximate surface area is 120 Å². The van der Waals surface area contributed by atoms with Crippen LogP contribution in [0.15, 0.2) is 36.4 Å². The zero-order valence-electron chi connectivity index (χ0n) is 10.4. The first kappa shape index (κ1) is 13.5. The maximum atomic E-state index is 13.3. The van der Waals surface area contributed by atoms with Crippen molar-refractivity contribution < 1.29 is 4.39 Å². The van der Waals surface area contributed by atoms with Crippen LogP contribution in [0.5, 0.6) is 0 Å². The van der Waals surface area contributed by atoms with Crippen LogP contribution in [-0.2, 0) is 0 Å². The molecule has 2 rings (SSSR count). The van der Waals surface area contributed by atoms with Crippen molar-refractivity contribution in [1.82, 2.24) is 0 Å². The van der Waals surface area contributed by atoms with Gasteiger partial charge in [0.25, 0.3) is 0 Å². The summed E-state index contributed by atoms with van der Waals surface area (Å²) in [5.74, 6) is -0.205. The predicted octanol–water partition coefficient (Wildman–Crippen LogP) is 4.10. The van der Waals surface area contributed by atoms with Gasteiger partial charge in [0.1, 0.15) is 5.82 Å². The third kappa shape index (κ3) is 2.72. The van der Waals surface area contributed by atoms with Crippen molar-refractivity contribution in [3.05, 3.63) is 68.0 Å². The second-order valence-corrected chi connectivity index (χ2v) is 5.73. The van der Waals surface area contributed by atoms with Gasteiger partial charge < -0.3 is 5.73 Å². The summed E-state index contributed by atoms with van der Waals surface area (Å²) in [6, 6.07) is 11.0. The van der Waals surface area contributed by atoms with Gasteiger partial charge in [-0.1, -0.05) is 12.1 Å². The minimum Gasteiger partial charge on any atom is -0.320 e. The van der Waals surface area contributed by atoms with Crippen LogP contribution in [0.4, 0.5) is 4.39 Å². The van der Waals surface area contributed by atoms with Crippen molar-refractivity contribution in [2.24, 2.45) is 5.73 Å². The van der Waals surface area contributed by atoms with Gasteiger partial charge in [-0.05, 0) is 83.0 Å². The van der Waals surface area contributed by atoms with Crippen molar-refractivity contribution in [2.45, 2.75) is 19.9 Å². The van der Waals surface area contributed by atoms with E-state index in [1.165, 1.54) is 15.7 Å². The normalized spacial score (nSPS) is 12.5. The third-order valence-corrected chi connectivity index (χ3v) is 3.82. The van der Waals surface area contributed by atoms with Crippen molar-refractivity contribution in [3.63, 3.8) is 0 Å². The van der Waals surface area contributed by atoms with Gasteiger partial charge in [0.05, 0.1) is 6.04 Å². The fourth-order valence-corrected chi connectivity index (χ4v) is 2.61. The monoisotopic (exact) mass is 355 g/mol. The van der Waals surface area contributed by atoms with E-state index < -0.39 is 0 Å². The van der Waals surface area contributed by atoms with Gasteiger partial charge in [-0.2, -0.15) is 0 Å². The lowest BCUT2D eigenvalue weighted by molar-refractivity contribution is 0.623. The number of aryl methyl sites for hydroxylation is 2. The van der Waals surface area contributed by atoms with E-state index in [4.69, 9.17) is 5.73 Å². The molecule has 0 spiro atoms. The molecule has 0 saturated carbocycles. The van der Waals surface area contributed by atoms with E-state index in [0.29, 0.717) is 0 Å². The molecule has 0 bridgehead atoms. The Morgan fingerprint density at radius 3 is 2.06 bits per heavy atom. The molecule has 1 unspecified atom stereocenters. The first-order valence-electron chi connectivity index (χ1n) is 5.76. The van der Waals surface area contributed by atoms with E-state index in [-0.39, 0.29) is 11.9 Å². The molecule has 0 aliphatic heterocycles. The predicted molar refractivity (Wildman–Crippen MR) is 81.1 cm³/mol. The second-order valence-electron chi connectivity index (χ2n) is 4.48. The maximum Gasteiger partial charge on any atom is 0.123 e. The van der Waals surface area contributed by atoms with Gasteiger partial charge in [0, 0.05) is 3.57 Å². The highest BCUT2D eigenvalue weighted by Gasteiger charge is 2.14. The molecule has 2 aromatic rings. The number of rotatable bonds is 2. The van der Waals surface area contributed by atoms with E-state index >= 15 is 0 Å². The van der Waals surface area contributed by atoms with Crippen LogP contribution in [0.25, 0.3) is 0 Å². The van der Waals surface area contributed by atoms with E-state index in [9.17, 15) is 4.39 Å². The first-order chi connectivity index (χ1) is 8.49. The van der Waals surface area contributed by atoms with E-state index in [1.54, 1.807) is 0 Å². The molecule has 18 heavy (non-hydrogen) atoms. The Bertz CT molecular complexity index is 540. The van der Waals surface area contributed by atoms with Crippen LogP contribution in [0.2, 0.25) is 0 Å². The SMILES string of the molecule is Cc1cc(F)cc(C)c1C(N)c1ccc(I)cc1. The molecule has 2 aromatic carbocycles. The zero-order chi connectivity index (χ0) is 13.3. The van der Waals surface area contributed by atoms with Gasteiger partial charge in [0.2, 0.25) is 0 Å². The molecule has 1 nitrogen and oxygen atoms in total. The molecule has 0 aromatic heterocycles. The molecule has 0 aliphatic rings. The van der Waals surface area contributed by atoms with Crippen molar-refractivity contribution in [2.75, 3.05) is 0 Å². The highest BCUT2D eigenvalue weighted by atomic mass is 127. The average molecular weight is 355 g/mol. The number of hydrogen-bond donors (Lipinski definition) is 1. The van der Waals surface area contributed by atoms with Gasteiger partial charge in [-0.15, -0.1) is 0 Å². The summed E-state index contributed by atoms with van der Waals surface area (Å²) in [6.07, 6.45) is 0. The highest BCUT2D eigenvalue weighted by Crippen LogP contribution is 2.27. The largest absolute Gasteiger partial charge is 0.320 e. The molecular formula is C15H15FIN. The molecule has 2 N–H and O–H groups in total. The van der Waals surface area contributed by atoms with Crippen LogP contribution < -0.4 is 5.73 Å². The third-order valence-electron chi connectivity index (χ3n) is 3.10. The summed E-state index contributed by atoms with van der Waals surface area (Å²) in [5, 5.41) is 0. The summed E-state index contributed by atoms with van der Waals surface area (Å²) in [4.78, 5) is 0. The molecule has 0 amide bonds. The topological polar surface area (TPSA) is 26.0 Å². The summed E-state index contributed by atoms with van der Waals surface area (Å²) >= 11 is 2.26. The molecule has 0 heterocycles. The summed E-state index contributed by atoms with van der Waals surface area (Å²) in [7, 11) is 0. The Balaban J connectivity index is 2.46. The summed E-state index contributed by atoms with van der Waals surface area (Å²) in [6.45, 7) is 3.80. The minimum atomic E-state index is -0.206. The van der Waals surface area contributed by atoms with Crippen LogP contribution in [-0.4, -0.2) is 0 Å². The molecule has 0 fully saturated rings. The lowest BCUT2D eigenvalue weighted by atomic mass is 9.92. The quantitative estimate of drug-likeness (QED) is 0.807. The molecule has 0 aliphatic carbocycles. The molecule has 1 atom stereocenters. The zero-order valence-corrected chi connectivity index (χ0v) is 12.5. The van der Waals surface area contributed by atoms with Crippen LogP contribution in [0, 0.1) is 23.2 Å². The Hall–Kier alpha value is -0.940. The van der Waals surface area contributed by atoms with Crippen molar-refractivity contribution >= 4 is 22.6 Å². The van der Waals surface area contributed by atoms with Gasteiger partial charge in [-0.3, -0.25) is 0 Å². The lowest BCUT2D eigenvalue weighted by Crippen LogP contribution is -2.15. The summed E-state index contributed by atoms with van der Waals surface area (Å²) in [5.41, 5.74) is 10.2. The average Bonchev–Trinajstić information content (AvgIpc) is 2.28. The highest BCUT2D eigenvalue weighted by molar-refractivity contribution is 14.1. The van der Waals surface area contributed by atoms with Crippen LogP contribution >= 0.6 is 22.6 Å². The maximum absolute atomic E-state index is 13.3. The molecule has 0 saturated heterocycles. The Kier molecular flexibility index (Phi) is 4.02. The second kappa shape index (κ2) is 5.36. The molecule has 94 valence electrons. The van der Waals surface area contributed by atoms with Crippen LogP contribution in [0.1, 0.15) is 28.3 Å². The van der Waals surface area contributed by atoms with Crippen LogP contribution in [0.3, 0.4) is 0 Å². The number of benzene rings is 2. The molecule has 3 heteroatoms. The Morgan fingerprint density at radius 2 is 1.56 bits per heavy atom. The van der Waals surface area contributed by atoms with Crippen molar-refractivity contribution in [1.29, 1.82) is 0 Å². The Morgan fingerprint density at radius 1 is 1.06 bits per heavy atom. The fraction of sp³-hybridized carbons (Fsp3) is 0.200. The van der Waals surface area contributed by atoms with E-state index in [0.717, 1.165) is 22.3 Å². The van der Waals surface area contributed by atoms with Gasteiger partial charge >= 0.3 is 0 Å². The summed E-state index contributed by atoms with van der Waals surface area (Å²) < 4.78 is 14.5. The fourth-order valence-electron chi connectivity index (χ4n) is 2.25. The van der Waals surface area contributed by atoms with Gasteiger partial charge in [0.15, 0.2) is 0 Å². The molecule has 0 radical (unpaired) electrons. The minimum absolute atomic E-state index is 0.205. The smallest absolute Gasteiger partial charge is 0.123 e. The lowest BCUT2D eigenvalue weighted by Gasteiger charge is -2.18. The van der Waals surface area contributed by atoms with E-state index in [2.05, 4.69) is 22.6 Å². The first-order valence-corrected chi connectivity index (χ1v) is 6.84. The van der Waals surface area contributed by atoms with E-state index in [1.807, 2.05) is 38.1 Å². The van der Waals surface area contributed by atoms with Gasteiger partial charge in [-0.25, -0.2) is 4.39 Å². The number of hydrogen-bond acceptors (Lipinski definition) is 1. The number of halogens is 2.